The zero-order valence-electron chi connectivity index (χ0n) is 15.7. The van der Waals surface area contributed by atoms with Crippen LogP contribution in [0.2, 0.25) is 5.15 Å². The summed E-state index contributed by atoms with van der Waals surface area (Å²) in [6.45, 7) is 1.98. The fraction of sp³-hybridized carbons (Fsp3) is 0.150. The second-order valence-corrected chi connectivity index (χ2v) is 6.87. The summed E-state index contributed by atoms with van der Waals surface area (Å²) in [7, 11) is 0. The molecule has 1 aliphatic rings. The molecule has 0 unspecified atom stereocenters. The Kier molecular flexibility index (Phi) is 5.28. The van der Waals surface area contributed by atoms with Gasteiger partial charge in [-0.3, -0.25) is 20.4 Å². The van der Waals surface area contributed by atoms with Gasteiger partial charge >= 0.3 is 0 Å². The summed E-state index contributed by atoms with van der Waals surface area (Å²) in [5.74, 6) is -0.493. The van der Waals surface area contributed by atoms with Crippen LogP contribution in [0, 0.1) is 12.7 Å². The first-order chi connectivity index (χ1) is 14.4. The molecule has 8 nitrogen and oxygen atoms in total. The molecule has 154 valence electrons. The van der Waals surface area contributed by atoms with Gasteiger partial charge in [-0.2, -0.15) is 5.10 Å². The SMILES string of the molecule is Cc1nn(Cc2ccc(F)cc2)c(Cl)c1C(=O)NNC(=O)c1ccc2c(c1)OCO2. The molecule has 30 heavy (non-hydrogen) atoms. The Hall–Kier alpha value is -3.59. The number of aromatic nitrogens is 2. The fourth-order valence-electron chi connectivity index (χ4n) is 2.96. The lowest BCUT2D eigenvalue weighted by atomic mass is 10.2. The van der Waals surface area contributed by atoms with Crippen molar-refractivity contribution in [3.63, 3.8) is 0 Å². The summed E-state index contributed by atoms with van der Waals surface area (Å²) in [6, 6.07) is 10.6. The highest BCUT2D eigenvalue weighted by Gasteiger charge is 2.22. The van der Waals surface area contributed by atoms with Gasteiger partial charge in [0, 0.05) is 5.56 Å². The lowest BCUT2D eigenvalue weighted by Gasteiger charge is -2.08. The van der Waals surface area contributed by atoms with Crippen LogP contribution in [0.15, 0.2) is 42.5 Å². The highest BCUT2D eigenvalue weighted by atomic mass is 35.5. The van der Waals surface area contributed by atoms with Crippen LogP contribution in [0.1, 0.15) is 32.0 Å². The summed E-state index contributed by atoms with van der Waals surface area (Å²) < 4.78 is 24.9. The number of benzene rings is 2. The van der Waals surface area contributed by atoms with E-state index < -0.39 is 11.8 Å². The van der Waals surface area contributed by atoms with E-state index in [-0.39, 0.29) is 35.4 Å². The predicted molar refractivity (Wildman–Crippen MR) is 105 cm³/mol. The van der Waals surface area contributed by atoms with Gasteiger partial charge in [-0.05, 0) is 42.8 Å². The summed E-state index contributed by atoms with van der Waals surface area (Å²) in [5, 5.41) is 4.36. The van der Waals surface area contributed by atoms with Crippen LogP contribution in [-0.2, 0) is 6.54 Å². The van der Waals surface area contributed by atoms with Gasteiger partial charge in [-0.25, -0.2) is 9.07 Å². The Morgan fingerprint density at radius 2 is 1.80 bits per heavy atom. The maximum absolute atomic E-state index is 13.1. The Balaban J connectivity index is 1.43. The zero-order valence-corrected chi connectivity index (χ0v) is 16.5. The molecular weight excluding hydrogens is 415 g/mol. The first-order valence-electron chi connectivity index (χ1n) is 8.90. The molecule has 1 aromatic heterocycles. The minimum atomic E-state index is -0.614. The Labute approximate surface area is 175 Å². The van der Waals surface area contributed by atoms with E-state index in [4.69, 9.17) is 21.1 Å². The molecule has 0 atom stereocenters. The third-order valence-electron chi connectivity index (χ3n) is 4.46. The van der Waals surface area contributed by atoms with Crippen molar-refractivity contribution in [1.29, 1.82) is 0 Å². The number of fused-ring (bicyclic) bond motifs is 1. The number of nitrogens with one attached hydrogen (secondary N) is 2. The minimum Gasteiger partial charge on any atom is -0.454 e. The number of halogens is 2. The molecule has 2 aromatic carbocycles. The Morgan fingerprint density at radius 3 is 2.57 bits per heavy atom. The van der Waals surface area contributed by atoms with E-state index >= 15 is 0 Å². The maximum Gasteiger partial charge on any atom is 0.274 e. The van der Waals surface area contributed by atoms with Crippen molar-refractivity contribution in [3.8, 4) is 11.5 Å². The average molecular weight is 431 g/mol. The van der Waals surface area contributed by atoms with Crippen LogP contribution in [0.25, 0.3) is 0 Å². The monoisotopic (exact) mass is 430 g/mol. The van der Waals surface area contributed by atoms with Crippen LogP contribution >= 0.6 is 11.6 Å². The quantitative estimate of drug-likeness (QED) is 0.621. The zero-order chi connectivity index (χ0) is 21.3. The number of rotatable bonds is 4. The molecule has 4 rings (SSSR count). The smallest absolute Gasteiger partial charge is 0.274 e. The van der Waals surface area contributed by atoms with Crippen LogP contribution in [-0.4, -0.2) is 28.4 Å². The van der Waals surface area contributed by atoms with E-state index in [1.54, 1.807) is 31.2 Å². The van der Waals surface area contributed by atoms with E-state index in [1.165, 1.54) is 22.9 Å². The highest BCUT2D eigenvalue weighted by Crippen LogP contribution is 2.32. The maximum atomic E-state index is 13.1. The third-order valence-corrected chi connectivity index (χ3v) is 4.85. The standard InChI is InChI=1S/C20H16ClFN4O4/c1-11-17(18(21)26(25-11)9-12-2-5-14(22)6-3-12)20(28)24-23-19(27)13-4-7-15-16(8-13)30-10-29-15/h2-8H,9-10H2,1H3,(H,23,27)(H,24,28). The van der Waals surface area contributed by atoms with Gasteiger partial charge in [0.25, 0.3) is 11.8 Å². The number of hydrogen-bond donors (Lipinski definition) is 2. The number of amides is 2. The van der Waals surface area contributed by atoms with Gasteiger partial charge in [0.1, 0.15) is 16.5 Å². The molecule has 10 heteroatoms. The van der Waals surface area contributed by atoms with Crippen molar-refractivity contribution >= 4 is 23.4 Å². The van der Waals surface area contributed by atoms with E-state index in [2.05, 4.69) is 16.0 Å². The number of hydrogen-bond acceptors (Lipinski definition) is 5. The highest BCUT2D eigenvalue weighted by molar-refractivity contribution is 6.33. The van der Waals surface area contributed by atoms with Crippen molar-refractivity contribution in [3.05, 3.63) is 75.8 Å². The van der Waals surface area contributed by atoms with E-state index in [0.29, 0.717) is 17.2 Å². The summed E-state index contributed by atoms with van der Waals surface area (Å²) in [4.78, 5) is 24.9. The van der Waals surface area contributed by atoms with Crippen molar-refractivity contribution in [2.75, 3.05) is 6.79 Å². The summed E-state index contributed by atoms with van der Waals surface area (Å²) >= 11 is 6.32. The summed E-state index contributed by atoms with van der Waals surface area (Å²) in [5.41, 5.74) is 6.24. The fourth-order valence-corrected chi connectivity index (χ4v) is 3.28. The molecule has 0 fully saturated rings. The molecule has 2 amide bonds. The molecule has 0 saturated carbocycles. The Morgan fingerprint density at radius 1 is 1.10 bits per heavy atom. The lowest BCUT2D eigenvalue weighted by molar-refractivity contribution is 0.0846. The van der Waals surface area contributed by atoms with Crippen molar-refractivity contribution in [2.24, 2.45) is 0 Å². The van der Waals surface area contributed by atoms with Gasteiger partial charge in [0.2, 0.25) is 6.79 Å². The van der Waals surface area contributed by atoms with Gasteiger partial charge in [-0.1, -0.05) is 23.7 Å². The Bertz CT molecular complexity index is 1130. The second kappa shape index (κ2) is 8.03. The largest absolute Gasteiger partial charge is 0.454 e. The van der Waals surface area contributed by atoms with Crippen LogP contribution in [0.5, 0.6) is 11.5 Å². The van der Waals surface area contributed by atoms with Crippen molar-refractivity contribution < 1.29 is 23.5 Å². The number of hydrazine groups is 1. The van der Waals surface area contributed by atoms with Crippen molar-refractivity contribution in [1.82, 2.24) is 20.6 Å². The number of carbonyl (C=O) groups excluding carboxylic acids is 2. The van der Waals surface area contributed by atoms with E-state index in [1.807, 2.05) is 0 Å². The number of ether oxygens (including phenoxy) is 2. The molecule has 1 aliphatic heterocycles. The molecule has 2 N–H and O–H groups in total. The summed E-state index contributed by atoms with van der Waals surface area (Å²) in [6.07, 6.45) is 0. The number of carbonyl (C=O) groups is 2. The number of aryl methyl sites for hydroxylation is 1. The topological polar surface area (TPSA) is 94.5 Å². The van der Waals surface area contributed by atoms with Crippen LogP contribution in [0.4, 0.5) is 4.39 Å². The first-order valence-corrected chi connectivity index (χ1v) is 9.28. The van der Waals surface area contributed by atoms with Gasteiger partial charge in [-0.15, -0.1) is 0 Å². The minimum absolute atomic E-state index is 0.0941. The van der Waals surface area contributed by atoms with Crippen LogP contribution < -0.4 is 20.3 Å². The van der Waals surface area contributed by atoms with Gasteiger partial charge in [0.15, 0.2) is 11.5 Å². The number of nitrogens with zero attached hydrogens (tertiary/aromatic N) is 2. The van der Waals surface area contributed by atoms with Crippen LogP contribution in [0.3, 0.4) is 0 Å². The molecule has 0 saturated heterocycles. The molecule has 3 aromatic rings. The molecule has 0 radical (unpaired) electrons. The second-order valence-electron chi connectivity index (χ2n) is 6.51. The molecule has 2 heterocycles. The third kappa shape index (κ3) is 3.92. The molecule has 0 aliphatic carbocycles. The predicted octanol–water partition coefficient (Wildman–Crippen LogP) is 2.84. The van der Waals surface area contributed by atoms with E-state index in [0.717, 1.165) is 5.56 Å². The van der Waals surface area contributed by atoms with E-state index in [9.17, 15) is 14.0 Å². The van der Waals surface area contributed by atoms with Gasteiger partial charge < -0.3 is 9.47 Å². The van der Waals surface area contributed by atoms with Crippen molar-refractivity contribution in [2.45, 2.75) is 13.5 Å². The molecular formula is C20H16ClFN4O4. The normalized spacial score (nSPS) is 12.0. The first kappa shape index (κ1) is 19.7. The lowest BCUT2D eigenvalue weighted by Crippen LogP contribution is -2.41. The molecule has 0 bridgehead atoms. The van der Waals surface area contributed by atoms with Gasteiger partial charge in [0.05, 0.1) is 12.2 Å². The average Bonchev–Trinajstić information content (AvgIpc) is 3.31. The molecule has 0 spiro atoms.